The molecule has 1 aliphatic carbocycles. The fourth-order valence-corrected chi connectivity index (χ4v) is 3.73. The Morgan fingerprint density at radius 3 is 2.67 bits per heavy atom. The van der Waals surface area contributed by atoms with Crippen molar-refractivity contribution >= 4 is 12.2 Å². The average Bonchev–Trinajstić information content (AvgIpc) is 3.11. The van der Waals surface area contributed by atoms with Crippen LogP contribution in [-0.2, 0) is 19.4 Å². The van der Waals surface area contributed by atoms with E-state index in [1.165, 1.54) is 29.7 Å². The van der Waals surface area contributed by atoms with E-state index in [9.17, 15) is 0 Å². The first-order chi connectivity index (χ1) is 11.7. The zero-order valence-corrected chi connectivity index (χ0v) is 14.6. The zero-order valence-electron chi connectivity index (χ0n) is 13.8. The highest BCUT2D eigenvalue weighted by Crippen LogP contribution is 2.28. The van der Waals surface area contributed by atoms with Crippen LogP contribution >= 0.6 is 12.2 Å². The topological polar surface area (TPSA) is 31.0 Å². The predicted molar refractivity (Wildman–Crippen MR) is 97.7 cm³/mol. The maximum atomic E-state index is 5.62. The lowest BCUT2D eigenvalue weighted by Gasteiger charge is -2.24. The Labute approximate surface area is 147 Å². The van der Waals surface area contributed by atoms with Gasteiger partial charge < -0.3 is 8.98 Å². The lowest BCUT2D eigenvalue weighted by Crippen LogP contribution is -2.18. The van der Waals surface area contributed by atoms with Gasteiger partial charge in [0.1, 0.15) is 10.5 Å². The van der Waals surface area contributed by atoms with Gasteiger partial charge in [-0.1, -0.05) is 42.0 Å². The number of aromatic nitrogens is 2. The van der Waals surface area contributed by atoms with E-state index < -0.39 is 0 Å². The molecule has 1 aromatic carbocycles. The summed E-state index contributed by atoms with van der Waals surface area (Å²) in [4.78, 5) is 4.81. The van der Waals surface area contributed by atoms with Gasteiger partial charge in [-0.2, -0.15) is 0 Å². The van der Waals surface area contributed by atoms with Crippen molar-refractivity contribution in [1.29, 1.82) is 0 Å². The predicted octanol–water partition coefficient (Wildman–Crippen LogP) is 5.11. The van der Waals surface area contributed by atoms with E-state index in [-0.39, 0.29) is 0 Å². The summed E-state index contributed by atoms with van der Waals surface area (Å²) >= 11 is 5.62. The third-order valence-corrected chi connectivity index (χ3v) is 5.05. The summed E-state index contributed by atoms with van der Waals surface area (Å²) in [5.74, 6) is 0.960. The molecule has 0 saturated heterocycles. The van der Waals surface area contributed by atoms with E-state index in [0.717, 1.165) is 41.0 Å². The number of hydrogen-bond acceptors (Lipinski definition) is 3. The lowest BCUT2D eigenvalue weighted by molar-refractivity contribution is 0.558. The van der Waals surface area contributed by atoms with Gasteiger partial charge in [-0.05, 0) is 38.7 Å². The van der Waals surface area contributed by atoms with Gasteiger partial charge in [-0.3, -0.25) is 0 Å². The molecular weight excluding hydrogens is 316 g/mol. The van der Waals surface area contributed by atoms with E-state index in [2.05, 4.69) is 35.8 Å². The summed E-state index contributed by atoms with van der Waals surface area (Å²) in [6.45, 7) is 2.87. The number of furan rings is 1. The molecule has 4 heteroatoms. The smallest absolute Gasteiger partial charge is 0.142 e. The minimum absolute atomic E-state index is 0.767. The average molecular weight is 336 g/mol. The molecule has 0 spiro atoms. The zero-order chi connectivity index (χ0) is 16.5. The molecule has 0 bridgehead atoms. The Balaban J connectivity index is 1.92. The second-order valence-corrected chi connectivity index (χ2v) is 6.84. The fourth-order valence-electron chi connectivity index (χ4n) is 3.43. The number of aryl methyl sites for hydroxylation is 1. The van der Waals surface area contributed by atoms with Crippen LogP contribution in [-0.4, -0.2) is 9.55 Å². The van der Waals surface area contributed by atoms with E-state index in [4.69, 9.17) is 21.6 Å². The Hall–Kier alpha value is -2.20. The summed E-state index contributed by atoms with van der Waals surface area (Å²) in [5.41, 5.74) is 6.12. The summed E-state index contributed by atoms with van der Waals surface area (Å²) in [6.07, 6.45) is 8.06. The Bertz CT molecular complexity index is 908. The highest BCUT2D eigenvalue weighted by molar-refractivity contribution is 7.71. The van der Waals surface area contributed by atoms with Gasteiger partial charge in [0.15, 0.2) is 0 Å². The maximum Gasteiger partial charge on any atom is 0.142 e. The van der Waals surface area contributed by atoms with Crippen molar-refractivity contribution in [2.45, 2.75) is 39.2 Å². The first kappa shape index (κ1) is 15.3. The largest absolute Gasteiger partial charge is 0.472 e. The van der Waals surface area contributed by atoms with E-state index in [1.54, 1.807) is 6.26 Å². The standard InChI is InChI=1S/C20H20N2OS/c1-14-6-8-16(9-7-14)19-21-20(24)17-4-2-3-5-18(17)22(19)12-15-10-11-23-13-15/h6-11,13H,2-5,12H2,1H3. The van der Waals surface area contributed by atoms with Gasteiger partial charge in [0.25, 0.3) is 0 Å². The molecule has 2 heterocycles. The number of rotatable bonds is 3. The van der Waals surface area contributed by atoms with Crippen molar-refractivity contribution in [3.63, 3.8) is 0 Å². The summed E-state index contributed by atoms with van der Waals surface area (Å²) in [6, 6.07) is 10.5. The molecule has 0 radical (unpaired) electrons. The number of benzene rings is 1. The summed E-state index contributed by atoms with van der Waals surface area (Å²) in [5, 5.41) is 0. The molecule has 2 aromatic heterocycles. The lowest BCUT2D eigenvalue weighted by atomic mass is 9.96. The van der Waals surface area contributed by atoms with Crippen molar-refractivity contribution < 1.29 is 4.42 Å². The first-order valence-corrected chi connectivity index (χ1v) is 8.84. The third-order valence-electron chi connectivity index (χ3n) is 4.72. The molecule has 3 aromatic rings. The van der Waals surface area contributed by atoms with Crippen LogP contribution < -0.4 is 0 Å². The van der Waals surface area contributed by atoms with Gasteiger partial charge >= 0.3 is 0 Å². The minimum atomic E-state index is 0.767. The molecule has 4 rings (SSSR count). The van der Waals surface area contributed by atoms with Gasteiger partial charge in [0.2, 0.25) is 0 Å². The summed E-state index contributed by atoms with van der Waals surface area (Å²) in [7, 11) is 0. The van der Waals surface area contributed by atoms with Crippen LogP contribution in [0.2, 0.25) is 0 Å². The molecule has 0 saturated carbocycles. The monoisotopic (exact) mass is 336 g/mol. The quantitative estimate of drug-likeness (QED) is 0.623. The van der Waals surface area contributed by atoms with Crippen LogP contribution in [0.25, 0.3) is 11.4 Å². The van der Waals surface area contributed by atoms with Crippen molar-refractivity contribution in [1.82, 2.24) is 9.55 Å². The SMILES string of the molecule is Cc1ccc(-c2nc(=S)c3c(n2Cc2ccoc2)CCCC3)cc1. The molecule has 3 nitrogen and oxygen atoms in total. The highest BCUT2D eigenvalue weighted by Gasteiger charge is 2.19. The molecule has 0 N–H and O–H groups in total. The second kappa shape index (κ2) is 6.36. The minimum Gasteiger partial charge on any atom is -0.472 e. The first-order valence-electron chi connectivity index (χ1n) is 8.43. The molecule has 0 unspecified atom stereocenters. The number of hydrogen-bond donors (Lipinski definition) is 0. The van der Waals surface area contributed by atoms with Crippen LogP contribution in [0.4, 0.5) is 0 Å². The number of nitrogens with zero attached hydrogens (tertiary/aromatic N) is 2. The Morgan fingerprint density at radius 1 is 1.12 bits per heavy atom. The van der Waals surface area contributed by atoms with E-state index >= 15 is 0 Å². The number of fused-ring (bicyclic) bond motifs is 1. The molecule has 0 amide bonds. The molecule has 24 heavy (non-hydrogen) atoms. The van der Waals surface area contributed by atoms with Crippen molar-refractivity contribution in [3.8, 4) is 11.4 Å². The Morgan fingerprint density at radius 2 is 1.92 bits per heavy atom. The highest BCUT2D eigenvalue weighted by atomic mass is 32.1. The van der Waals surface area contributed by atoms with Gasteiger partial charge in [0.05, 0.1) is 19.1 Å². The van der Waals surface area contributed by atoms with Gasteiger partial charge in [-0.25, -0.2) is 4.98 Å². The molecule has 1 aliphatic rings. The van der Waals surface area contributed by atoms with Crippen molar-refractivity contribution in [3.05, 3.63) is 69.9 Å². The van der Waals surface area contributed by atoms with Crippen LogP contribution in [0.15, 0.2) is 47.3 Å². The molecular formula is C20H20N2OS. The third kappa shape index (κ3) is 2.82. The molecule has 122 valence electrons. The van der Waals surface area contributed by atoms with E-state index in [1.807, 2.05) is 12.3 Å². The fraction of sp³-hybridized carbons (Fsp3) is 0.300. The van der Waals surface area contributed by atoms with Crippen molar-refractivity contribution in [2.75, 3.05) is 0 Å². The Kier molecular flexibility index (Phi) is 4.07. The second-order valence-electron chi connectivity index (χ2n) is 6.46. The van der Waals surface area contributed by atoms with Gasteiger partial charge in [0, 0.05) is 22.4 Å². The van der Waals surface area contributed by atoms with Crippen LogP contribution in [0.3, 0.4) is 0 Å². The molecule has 0 fully saturated rings. The van der Waals surface area contributed by atoms with Crippen LogP contribution in [0, 0.1) is 11.6 Å². The normalized spacial score (nSPS) is 13.7. The van der Waals surface area contributed by atoms with Crippen molar-refractivity contribution in [2.24, 2.45) is 0 Å². The van der Waals surface area contributed by atoms with Crippen LogP contribution in [0.1, 0.15) is 35.2 Å². The van der Waals surface area contributed by atoms with Crippen LogP contribution in [0.5, 0.6) is 0 Å². The summed E-state index contributed by atoms with van der Waals surface area (Å²) < 4.78 is 8.36. The van der Waals surface area contributed by atoms with Gasteiger partial charge in [-0.15, -0.1) is 0 Å². The molecule has 0 atom stereocenters. The molecule has 0 aliphatic heterocycles. The van der Waals surface area contributed by atoms with E-state index in [0.29, 0.717) is 0 Å². The maximum absolute atomic E-state index is 5.62.